The van der Waals surface area contributed by atoms with Gasteiger partial charge in [0.15, 0.2) is 11.5 Å². The highest BCUT2D eigenvalue weighted by atomic mass is 16.5. The lowest BCUT2D eigenvalue weighted by Crippen LogP contribution is -2.32. The molecule has 6 heteroatoms. The molecule has 0 unspecified atom stereocenters. The van der Waals surface area contributed by atoms with Gasteiger partial charge in [-0.05, 0) is 18.2 Å². The maximum absolute atomic E-state index is 11.8. The zero-order valence-corrected chi connectivity index (χ0v) is 10.3. The van der Waals surface area contributed by atoms with Gasteiger partial charge in [0.25, 0.3) is 0 Å². The van der Waals surface area contributed by atoms with Gasteiger partial charge in [0.2, 0.25) is 0 Å². The second-order valence-corrected chi connectivity index (χ2v) is 4.09. The van der Waals surface area contributed by atoms with Crippen LogP contribution < -0.4 is 10.5 Å². The summed E-state index contributed by atoms with van der Waals surface area (Å²) in [5.74, 6) is -0.945. The average Bonchev–Trinajstić information content (AvgIpc) is 2.81. The molecule has 0 saturated heterocycles. The number of rotatable bonds is 5. The molecule has 0 bridgehead atoms. The van der Waals surface area contributed by atoms with E-state index in [-0.39, 0.29) is 12.2 Å². The second-order valence-electron chi connectivity index (χ2n) is 4.09. The maximum atomic E-state index is 11.8. The highest BCUT2D eigenvalue weighted by molar-refractivity contribution is 5.99. The van der Waals surface area contributed by atoms with Crippen molar-refractivity contribution in [2.75, 3.05) is 7.11 Å². The summed E-state index contributed by atoms with van der Waals surface area (Å²) in [5.41, 5.74) is 5.82. The first-order valence-corrected chi connectivity index (χ1v) is 5.60. The first-order chi connectivity index (χ1) is 9.01. The topological polar surface area (TPSA) is 103 Å². The van der Waals surface area contributed by atoms with Crippen LogP contribution in [-0.4, -0.2) is 30.0 Å². The smallest absolute Gasteiger partial charge is 0.320 e. The van der Waals surface area contributed by atoms with E-state index in [0.29, 0.717) is 11.3 Å². The van der Waals surface area contributed by atoms with Gasteiger partial charge in [0.05, 0.1) is 7.11 Å². The summed E-state index contributed by atoms with van der Waals surface area (Å²) in [6, 6.07) is 5.49. The number of methoxy groups -OCH3 is 1. The molecule has 0 fully saturated rings. The molecular formula is C13H13NO5. The van der Waals surface area contributed by atoms with Crippen LogP contribution in [0, 0.1) is 0 Å². The Hall–Kier alpha value is -2.34. The van der Waals surface area contributed by atoms with Crippen molar-refractivity contribution >= 4 is 22.7 Å². The number of carboxylic acids is 1. The standard InChI is InChI=1S/C13H13NO5/c1-18-8-3-2-7-4-12(19-11(7)5-8)10(15)6-9(14)13(16)17/h2-5,9H,6,14H2,1H3,(H,16,17)/t9-/m1/s1. The van der Waals surface area contributed by atoms with E-state index < -0.39 is 17.8 Å². The maximum Gasteiger partial charge on any atom is 0.320 e. The Bertz CT molecular complexity index is 631. The van der Waals surface area contributed by atoms with Gasteiger partial charge in [-0.25, -0.2) is 0 Å². The lowest BCUT2D eigenvalue weighted by molar-refractivity contribution is -0.138. The van der Waals surface area contributed by atoms with Gasteiger partial charge in [-0.15, -0.1) is 0 Å². The molecule has 1 atom stereocenters. The van der Waals surface area contributed by atoms with Crippen molar-refractivity contribution in [3.8, 4) is 5.75 Å². The number of carbonyl (C=O) groups excluding carboxylic acids is 1. The summed E-state index contributed by atoms with van der Waals surface area (Å²) in [4.78, 5) is 22.4. The van der Waals surface area contributed by atoms with Crippen LogP contribution in [0.1, 0.15) is 17.0 Å². The molecule has 0 aliphatic heterocycles. The molecule has 0 aliphatic rings. The van der Waals surface area contributed by atoms with Crippen molar-refractivity contribution in [3.63, 3.8) is 0 Å². The summed E-state index contributed by atoms with van der Waals surface area (Å²) in [6.45, 7) is 0. The first kappa shape index (κ1) is 13.1. The van der Waals surface area contributed by atoms with Crippen molar-refractivity contribution in [2.45, 2.75) is 12.5 Å². The Morgan fingerprint density at radius 1 is 1.42 bits per heavy atom. The highest BCUT2D eigenvalue weighted by Crippen LogP contribution is 2.24. The largest absolute Gasteiger partial charge is 0.497 e. The first-order valence-electron chi connectivity index (χ1n) is 5.60. The van der Waals surface area contributed by atoms with Crippen molar-refractivity contribution in [3.05, 3.63) is 30.0 Å². The Morgan fingerprint density at radius 2 is 2.16 bits per heavy atom. The second kappa shape index (κ2) is 5.11. The van der Waals surface area contributed by atoms with Gasteiger partial charge in [0, 0.05) is 17.9 Å². The summed E-state index contributed by atoms with van der Waals surface area (Å²) in [5, 5.41) is 9.41. The summed E-state index contributed by atoms with van der Waals surface area (Å²) in [6.07, 6.45) is -0.299. The van der Waals surface area contributed by atoms with E-state index >= 15 is 0 Å². The van der Waals surface area contributed by atoms with E-state index in [1.165, 1.54) is 7.11 Å². The summed E-state index contributed by atoms with van der Waals surface area (Å²) < 4.78 is 10.4. The minimum atomic E-state index is -1.23. The van der Waals surface area contributed by atoms with Gasteiger partial charge in [-0.3, -0.25) is 9.59 Å². The van der Waals surface area contributed by atoms with Crippen LogP contribution in [0.3, 0.4) is 0 Å². The number of ketones is 1. The van der Waals surface area contributed by atoms with E-state index in [2.05, 4.69) is 0 Å². The number of carboxylic acid groups (broad SMARTS) is 1. The van der Waals surface area contributed by atoms with E-state index in [0.717, 1.165) is 5.39 Å². The minimum Gasteiger partial charge on any atom is -0.497 e. The molecule has 2 rings (SSSR count). The summed E-state index contributed by atoms with van der Waals surface area (Å²) in [7, 11) is 1.53. The number of carbonyl (C=O) groups is 2. The van der Waals surface area contributed by atoms with Gasteiger partial charge in [0.1, 0.15) is 17.4 Å². The van der Waals surface area contributed by atoms with Crippen molar-refractivity contribution in [1.82, 2.24) is 0 Å². The number of benzene rings is 1. The molecule has 1 aromatic heterocycles. The van der Waals surface area contributed by atoms with Crippen LogP contribution in [0.25, 0.3) is 11.0 Å². The quantitative estimate of drug-likeness (QED) is 0.791. The Kier molecular flexibility index (Phi) is 3.52. The number of hydrogen-bond donors (Lipinski definition) is 2. The zero-order valence-electron chi connectivity index (χ0n) is 10.3. The molecule has 1 aromatic carbocycles. The number of aliphatic carboxylic acids is 1. The molecule has 0 spiro atoms. The molecule has 0 saturated carbocycles. The normalized spacial score (nSPS) is 12.3. The average molecular weight is 263 g/mol. The van der Waals surface area contributed by atoms with E-state index in [1.54, 1.807) is 24.3 Å². The Labute approximate surface area is 108 Å². The molecular weight excluding hydrogens is 250 g/mol. The Balaban J connectivity index is 2.25. The number of ether oxygens (including phenoxy) is 1. The highest BCUT2D eigenvalue weighted by Gasteiger charge is 2.20. The van der Waals surface area contributed by atoms with Crippen molar-refractivity contribution in [2.24, 2.45) is 5.73 Å². The molecule has 0 amide bonds. The third-order valence-electron chi connectivity index (χ3n) is 2.72. The molecule has 100 valence electrons. The molecule has 0 radical (unpaired) electrons. The number of nitrogens with two attached hydrogens (primary N) is 1. The van der Waals surface area contributed by atoms with E-state index in [9.17, 15) is 9.59 Å². The third-order valence-corrected chi connectivity index (χ3v) is 2.72. The van der Waals surface area contributed by atoms with Crippen LogP contribution in [0.2, 0.25) is 0 Å². The fraction of sp³-hybridized carbons (Fsp3) is 0.231. The molecule has 6 nitrogen and oxygen atoms in total. The number of furan rings is 1. The van der Waals surface area contributed by atoms with Crippen LogP contribution in [0.4, 0.5) is 0 Å². The monoisotopic (exact) mass is 263 g/mol. The Morgan fingerprint density at radius 3 is 2.79 bits per heavy atom. The molecule has 19 heavy (non-hydrogen) atoms. The van der Waals surface area contributed by atoms with Gasteiger partial charge in [-0.2, -0.15) is 0 Å². The predicted molar refractivity (Wildman–Crippen MR) is 67.3 cm³/mol. The van der Waals surface area contributed by atoms with Gasteiger partial charge >= 0.3 is 5.97 Å². The van der Waals surface area contributed by atoms with Crippen LogP contribution in [0.5, 0.6) is 5.75 Å². The molecule has 0 aliphatic carbocycles. The SMILES string of the molecule is COc1ccc2cc(C(=O)C[C@@H](N)C(=O)O)oc2c1. The molecule has 3 N–H and O–H groups in total. The fourth-order valence-corrected chi connectivity index (χ4v) is 1.66. The van der Waals surface area contributed by atoms with Crippen molar-refractivity contribution in [1.29, 1.82) is 0 Å². The van der Waals surface area contributed by atoms with Crippen LogP contribution in [0.15, 0.2) is 28.7 Å². The predicted octanol–water partition coefficient (Wildman–Crippen LogP) is 1.43. The van der Waals surface area contributed by atoms with E-state index in [1.807, 2.05) is 0 Å². The lowest BCUT2D eigenvalue weighted by atomic mass is 10.1. The summed E-state index contributed by atoms with van der Waals surface area (Å²) >= 11 is 0. The van der Waals surface area contributed by atoms with Gasteiger partial charge in [-0.1, -0.05) is 0 Å². The van der Waals surface area contributed by atoms with Crippen LogP contribution in [-0.2, 0) is 4.79 Å². The number of fused-ring (bicyclic) bond motifs is 1. The number of Topliss-reactive ketones (excluding diaryl/α,β-unsaturated/α-hetero) is 1. The van der Waals surface area contributed by atoms with E-state index in [4.69, 9.17) is 20.0 Å². The molecule has 2 aromatic rings. The van der Waals surface area contributed by atoms with Crippen LogP contribution >= 0.6 is 0 Å². The van der Waals surface area contributed by atoms with Gasteiger partial charge < -0.3 is 20.0 Å². The third kappa shape index (κ3) is 2.74. The van der Waals surface area contributed by atoms with Crippen molar-refractivity contribution < 1.29 is 23.8 Å². The number of hydrogen-bond acceptors (Lipinski definition) is 5. The zero-order chi connectivity index (χ0) is 14.0. The lowest BCUT2D eigenvalue weighted by Gasteiger charge is -2.02. The fourth-order valence-electron chi connectivity index (χ4n) is 1.66. The molecule has 1 heterocycles. The minimum absolute atomic E-state index is 0.0972.